The fourth-order valence-electron chi connectivity index (χ4n) is 2.98. The Morgan fingerprint density at radius 2 is 1.81 bits per heavy atom. The molecule has 1 aliphatic rings. The van der Waals surface area contributed by atoms with Gasteiger partial charge in [0.05, 0.1) is 30.5 Å². The number of nitrogens with zero attached hydrogens (tertiary/aromatic N) is 3. The van der Waals surface area contributed by atoms with Gasteiger partial charge in [-0.2, -0.15) is 4.99 Å². The van der Waals surface area contributed by atoms with Gasteiger partial charge >= 0.3 is 0 Å². The van der Waals surface area contributed by atoms with E-state index in [-0.39, 0.29) is 23.2 Å². The molecule has 31 heavy (non-hydrogen) atoms. The number of carbonyl (C=O) groups excluding carboxylic acids is 1. The lowest BCUT2D eigenvalue weighted by molar-refractivity contribution is -0.113. The van der Waals surface area contributed by atoms with Gasteiger partial charge in [0, 0.05) is 5.38 Å². The van der Waals surface area contributed by atoms with Crippen LogP contribution in [-0.2, 0) is 4.79 Å². The molecule has 2 heterocycles. The van der Waals surface area contributed by atoms with Gasteiger partial charge in [0.1, 0.15) is 0 Å². The van der Waals surface area contributed by atoms with Crippen molar-refractivity contribution < 1.29 is 19.4 Å². The summed E-state index contributed by atoms with van der Waals surface area (Å²) in [5, 5.41) is 13.2. The fraction of sp³-hybridized carbons (Fsp3) is 0.136. The van der Waals surface area contributed by atoms with Crippen LogP contribution >= 0.6 is 23.1 Å². The number of hydrogen-bond donors (Lipinski definition) is 1. The van der Waals surface area contributed by atoms with E-state index < -0.39 is 0 Å². The summed E-state index contributed by atoms with van der Waals surface area (Å²) >= 11 is 2.68. The number of rotatable bonds is 5. The Hall–Kier alpha value is -3.30. The first-order chi connectivity index (χ1) is 15.0. The van der Waals surface area contributed by atoms with Gasteiger partial charge in [0.25, 0.3) is 5.91 Å². The number of methoxy groups -OCH3 is 2. The minimum absolute atomic E-state index is 0.0927. The van der Waals surface area contributed by atoms with Crippen LogP contribution in [0.15, 0.2) is 57.7 Å². The highest BCUT2D eigenvalue weighted by atomic mass is 32.2. The van der Waals surface area contributed by atoms with Crippen LogP contribution in [0.2, 0.25) is 0 Å². The molecule has 1 saturated heterocycles. The van der Waals surface area contributed by atoms with Gasteiger partial charge in [0.15, 0.2) is 16.7 Å². The standard InChI is InChI=1S/C22H19N3O4S2/c1-13-12-30-21(23-13)24-22-25(15-7-5-4-6-8-15)20(27)18(31-22)11-14-9-16(28-2)19(26)17(10-14)29-3/h4-12,26H,1-3H3/b18-11-,24-22+. The molecule has 0 aliphatic carbocycles. The number of thiazole rings is 1. The van der Waals surface area contributed by atoms with Crippen LogP contribution in [0, 0.1) is 6.92 Å². The summed E-state index contributed by atoms with van der Waals surface area (Å²) in [4.78, 5) is 24.4. The zero-order valence-electron chi connectivity index (χ0n) is 17.0. The van der Waals surface area contributed by atoms with E-state index >= 15 is 0 Å². The van der Waals surface area contributed by atoms with Crippen LogP contribution in [0.4, 0.5) is 10.8 Å². The molecule has 9 heteroatoms. The monoisotopic (exact) mass is 453 g/mol. The van der Waals surface area contributed by atoms with Gasteiger partial charge in [-0.3, -0.25) is 9.69 Å². The second-order valence-electron chi connectivity index (χ2n) is 6.53. The quantitative estimate of drug-likeness (QED) is 0.549. The lowest BCUT2D eigenvalue weighted by Crippen LogP contribution is -2.28. The molecule has 2 aromatic carbocycles. The normalized spacial score (nSPS) is 16.4. The maximum atomic E-state index is 13.3. The van der Waals surface area contributed by atoms with Crippen molar-refractivity contribution in [3.05, 3.63) is 64.0 Å². The number of benzene rings is 2. The van der Waals surface area contributed by atoms with E-state index in [0.717, 1.165) is 11.4 Å². The molecule has 1 fully saturated rings. The summed E-state index contributed by atoms with van der Waals surface area (Å²) in [6.45, 7) is 1.90. The first kappa shape index (κ1) is 21.0. The van der Waals surface area contributed by atoms with Crippen molar-refractivity contribution in [3.8, 4) is 17.2 Å². The summed E-state index contributed by atoms with van der Waals surface area (Å²) in [5.74, 6) is 0.224. The van der Waals surface area contributed by atoms with E-state index in [1.54, 1.807) is 23.1 Å². The van der Waals surface area contributed by atoms with Gasteiger partial charge in [-0.15, -0.1) is 11.3 Å². The number of aliphatic imine (C=N–C) groups is 1. The summed E-state index contributed by atoms with van der Waals surface area (Å²) < 4.78 is 10.4. The molecule has 1 aromatic heterocycles. The van der Waals surface area contributed by atoms with Crippen LogP contribution in [0.25, 0.3) is 6.08 Å². The van der Waals surface area contributed by atoms with Crippen molar-refractivity contribution in [2.24, 2.45) is 4.99 Å². The van der Waals surface area contributed by atoms with Crippen LogP contribution in [0.3, 0.4) is 0 Å². The van der Waals surface area contributed by atoms with Crippen molar-refractivity contribution >= 4 is 51.1 Å². The number of amides is 1. The average Bonchev–Trinajstić information content (AvgIpc) is 3.32. The maximum absolute atomic E-state index is 13.3. The Kier molecular flexibility index (Phi) is 5.97. The highest BCUT2D eigenvalue weighted by Gasteiger charge is 2.35. The number of aryl methyl sites for hydroxylation is 1. The molecule has 0 atom stereocenters. The van der Waals surface area contributed by atoms with Gasteiger partial charge in [-0.05, 0) is 54.6 Å². The van der Waals surface area contributed by atoms with Crippen LogP contribution < -0.4 is 14.4 Å². The number of phenols is 1. The number of aromatic hydroxyl groups is 1. The lowest BCUT2D eigenvalue weighted by atomic mass is 10.1. The Bertz CT molecular complexity index is 1160. The number of phenolic OH excluding ortho intramolecular Hbond substituents is 1. The Labute approximate surface area is 187 Å². The summed E-state index contributed by atoms with van der Waals surface area (Å²) in [7, 11) is 2.91. The molecule has 0 unspecified atom stereocenters. The number of hydrogen-bond acceptors (Lipinski definition) is 8. The Morgan fingerprint density at radius 1 is 1.13 bits per heavy atom. The predicted octanol–water partition coefficient (Wildman–Crippen LogP) is 4.98. The third-order valence-corrected chi connectivity index (χ3v) is 6.24. The minimum Gasteiger partial charge on any atom is -0.502 e. The first-order valence-corrected chi connectivity index (χ1v) is 10.9. The minimum atomic E-state index is -0.200. The molecule has 0 saturated carbocycles. The zero-order valence-corrected chi connectivity index (χ0v) is 18.7. The van der Waals surface area contributed by atoms with Crippen molar-refractivity contribution in [1.82, 2.24) is 4.98 Å². The van der Waals surface area contributed by atoms with Gasteiger partial charge in [-0.25, -0.2) is 4.98 Å². The molecule has 1 N–H and O–H groups in total. The van der Waals surface area contributed by atoms with Crippen molar-refractivity contribution in [1.29, 1.82) is 0 Å². The van der Waals surface area contributed by atoms with Crippen molar-refractivity contribution in [2.45, 2.75) is 6.92 Å². The fourth-order valence-corrected chi connectivity index (χ4v) is 4.68. The number of aromatic nitrogens is 1. The molecule has 3 aromatic rings. The molecular formula is C22H19N3O4S2. The van der Waals surface area contributed by atoms with E-state index in [9.17, 15) is 9.90 Å². The molecule has 158 valence electrons. The lowest BCUT2D eigenvalue weighted by Gasteiger charge is -2.15. The predicted molar refractivity (Wildman–Crippen MR) is 125 cm³/mol. The van der Waals surface area contributed by atoms with Crippen molar-refractivity contribution in [3.63, 3.8) is 0 Å². The molecule has 4 rings (SSSR count). The Morgan fingerprint density at radius 3 is 2.39 bits per heavy atom. The smallest absolute Gasteiger partial charge is 0.271 e. The summed E-state index contributed by atoms with van der Waals surface area (Å²) in [6, 6.07) is 12.6. The van der Waals surface area contributed by atoms with Gasteiger partial charge < -0.3 is 14.6 Å². The number of anilines is 1. The zero-order chi connectivity index (χ0) is 22.0. The number of amidine groups is 1. The molecule has 0 spiro atoms. The highest BCUT2D eigenvalue weighted by molar-refractivity contribution is 8.19. The third-order valence-electron chi connectivity index (χ3n) is 4.42. The van der Waals surface area contributed by atoms with E-state index in [0.29, 0.717) is 20.8 Å². The van der Waals surface area contributed by atoms with Crippen LogP contribution in [0.5, 0.6) is 17.2 Å². The second kappa shape index (κ2) is 8.83. The number of carbonyl (C=O) groups is 1. The number of ether oxygens (including phenoxy) is 2. The maximum Gasteiger partial charge on any atom is 0.271 e. The third kappa shape index (κ3) is 4.28. The largest absolute Gasteiger partial charge is 0.502 e. The highest BCUT2D eigenvalue weighted by Crippen LogP contribution is 2.41. The molecule has 7 nitrogen and oxygen atoms in total. The van der Waals surface area contributed by atoms with Crippen molar-refractivity contribution in [2.75, 3.05) is 19.1 Å². The molecule has 1 amide bonds. The van der Waals surface area contributed by atoms with E-state index in [1.807, 2.05) is 42.6 Å². The van der Waals surface area contributed by atoms with E-state index in [1.165, 1.54) is 37.3 Å². The average molecular weight is 454 g/mol. The molecular weight excluding hydrogens is 434 g/mol. The molecule has 1 aliphatic heterocycles. The van der Waals surface area contributed by atoms with E-state index in [2.05, 4.69) is 9.98 Å². The first-order valence-electron chi connectivity index (χ1n) is 9.25. The molecule has 0 bridgehead atoms. The Balaban J connectivity index is 1.78. The van der Waals surface area contributed by atoms with Gasteiger partial charge in [-0.1, -0.05) is 18.2 Å². The SMILES string of the molecule is COc1cc(/C=C2\S/C(=N/c3nc(C)cs3)N(c3ccccc3)C2=O)cc(OC)c1O. The van der Waals surface area contributed by atoms with Crippen LogP contribution in [-0.4, -0.2) is 35.4 Å². The topological polar surface area (TPSA) is 84.3 Å². The number of thioether (sulfide) groups is 1. The summed E-state index contributed by atoms with van der Waals surface area (Å²) in [5.41, 5.74) is 2.25. The molecule has 0 radical (unpaired) electrons. The van der Waals surface area contributed by atoms with Crippen LogP contribution in [0.1, 0.15) is 11.3 Å². The second-order valence-corrected chi connectivity index (χ2v) is 8.37. The van der Waals surface area contributed by atoms with E-state index in [4.69, 9.17) is 9.47 Å². The van der Waals surface area contributed by atoms with Gasteiger partial charge in [0.2, 0.25) is 10.9 Å². The number of para-hydroxylation sites is 1. The summed E-state index contributed by atoms with van der Waals surface area (Å²) in [6.07, 6.45) is 1.73.